The van der Waals surface area contributed by atoms with Gasteiger partial charge in [0, 0.05) is 32.5 Å². The summed E-state index contributed by atoms with van der Waals surface area (Å²) in [6.07, 6.45) is 4.56. The van der Waals surface area contributed by atoms with Crippen molar-refractivity contribution in [1.29, 1.82) is 0 Å². The third-order valence-corrected chi connectivity index (χ3v) is 4.48. The van der Waals surface area contributed by atoms with Crippen LogP contribution in [-0.2, 0) is 18.2 Å². The maximum Gasteiger partial charge on any atom is 0.0628 e. The number of aromatic nitrogens is 2. The average Bonchev–Trinajstić information content (AvgIpc) is 2.70. The first kappa shape index (κ1) is 18.2. The molecule has 0 aliphatic heterocycles. The Morgan fingerprint density at radius 2 is 2.00 bits per heavy atom. The van der Waals surface area contributed by atoms with Gasteiger partial charge in [0.05, 0.1) is 5.69 Å². The van der Waals surface area contributed by atoms with Crippen LogP contribution in [0.25, 0.3) is 0 Å². The summed E-state index contributed by atoms with van der Waals surface area (Å²) >= 11 is 0. The van der Waals surface area contributed by atoms with Gasteiger partial charge < -0.3 is 10.1 Å². The molecule has 1 aromatic heterocycles. The van der Waals surface area contributed by atoms with E-state index in [1.807, 2.05) is 11.7 Å². The second-order valence-electron chi connectivity index (χ2n) is 6.13. The number of rotatable bonds is 10. The minimum atomic E-state index is 0.555. The number of hydrogen-bond acceptors (Lipinski definition) is 3. The van der Waals surface area contributed by atoms with E-state index >= 15 is 0 Å². The second kappa shape index (κ2) is 9.21. The van der Waals surface area contributed by atoms with Gasteiger partial charge in [-0.05, 0) is 57.6 Å². The average molecular weight is 295 g/mol. The van der Waals surface area contributed by atoms with Crippen LogP contribution in [0.1, 0.15) is 50.1 Å². The van der Waals surface area contributed by atoms with E-state index < -0.39 is 0 Å². The smallest absolute Gasteiger partial charge is 0.0628 e. The Bertz CT molecular complexity index is 414. The molecule has 1 aromatic rings. The highest BCUT2D eigenvalue weighted by molar-refractivity contribution is 5.24. The lowest BCUT2D eigenvalue weighted by atomic mass is 9.92. The molecule has 21 heavy (non-hydrogen) atoms. The molecule has 0 saturated carbocycles. The summed E-state index contributed by atoms with van der Waals surface area (Å²) in [5.41, 5.74) is 3.89. The second-order valence-corrected chi connectivity index (χ2v) is 6.13. The molecule has 0 aromatic carbocycles. The van der Waals surface area contributed by atoms with Gasteiger partial charge in [0.25, 0.3) is 0 Å². The summed E-state index contributed by atoms with van der Waals surface area (Å²) in [5, 5.41) is 8.23. The fraction of sp³-hybridized carbons (Fsp3) is 0.824. The predicted molar refractivity (Wildman–Crippen MR) is 88.7 cm³/mol. The van der Waals surface area contributed by atoms with E-state index in [0.717, 1.165) is 32.4 Å². The van der Waals surface area contributed by atoms with Gasteiger partial charge in [-0.3, -0.25) is 4.68 Å². The Morgan fingerprint density at radius 1 is 1.29 bits per heavy atom. The van der Waals surface area contributed by atoms with Crippen LogP contribution in [0.5, 0.6) is 0 Å². The van der Waals surface area contributed by atoms with Gasteiger partial charge in [-0.25, -0.2) is 0 Å². The first-order valence-electron chi connectivity index (χ1n) is 8.22. The fourth-order valence-corrected chi connectivity index (χ4v) is 2.90. The Kier molecular flexibility index (Phi) is 7.97. The van der Waals surface area contributed by atoms with Crippen molar-refractivity contribution < 1.29 is 4.74 Å². The van der Waals surface area contributed by atoms with E-state index in [2.05, 4.69) is 38.1 Å². The highest BCUT2D eigenvalue weighted by Gasteiger charge is 2.18. The van der Waals surface area contributed by atoms with Crippen LogP contribution in [0.3, 0.4) is 0 Å². The lowest BCUT2D eigenvalue weighted by Gasteiger charge is -2.25. The summed E-state index contributed by atoms with van der Waals surface area (Å²) in [6, 6.07) is 0.555. The molecule has 4 nitrogen and oxygen atoms in total. The van der Waals surface area contributed by atoms with Crippen LogP contribution >= 0.6 is 0 Å². The van der Waals surface area contributed by atoms with Crippen molar-refractivity contribution in [1.82, 2.24) is 15.1 Å². The van der Waals surface area contributed by atoms with Gasteiger partial charge in [-0.2, -0.15) is 5.10 Å². The van der Waals surface area contributed by atoms with E-state index in [9.17, 15) is 0 Å². The lowest BCUT2D eigenvalue weighted by Crippen LogP contribution is -2.36. The third-order valence-electron chi connectivity index (χ3n) is 4.48. The molecule has 4 heteroatoms. The maximum atomic E-state index is 5.23. The normalized spacial score (nSPS) is 14.4. The summed E-state index contributed by atoms with van der Waals surface area (Å²) in [5.74, 6) is 0.633. The zero-order chi connectivity index (χ0) is 15.8. The molecule has 0 bridgehead atoms. The van der Waals surface area contributed by atoms with E-state index in [-0.39, 0.29) is 0 Å². The number of methoxy groups -OCH3 is 1. The van der Waals surface area contributed by atoms with E-state index in [1.54, 1.807) is 7.11 Å². The van der Waals surface area contributed by atoms with Gasteiger partial charge in [-0.15, -0.1) is 0 Å². The van der Waals surface area contributed by atoms with Crippen LogP contribution in [0, 0.1) is 19.8 Å². The van der Waals surface area contributed by atoms with Crippen LogP contribution in [0.15, 0.2) is 0 Å². The molecule has 0 amide bonds. The summed E-state index contributed by atoms with van der Waals surface area (Å²) in [4.78, 5) is 0. The number of ether oxygens (including phenoxy) is 1. The summed E-state index contributed by atoms with van der Waals surface area (Å²) in [7, 11) is 3.81. The molecular weight excluding hydrogens is 262 g/mol. The van der Waals surface area contributed by atoms with Crippen molar-refractivity contribution in [3.8, 4) is 0 Å². The molecule has 2 atom stereocenters. The van der Waals surface area contributed by atoms with Crippen molar-refractivity contribution in [2.75, 3.05) is 20.3 Å². The van der Waals surface area contributed by atoms with Crippen molar-refractivity contribution >= 4 is 0 Å². The molecule has 2 unspecified atom stereocenters. The Hall–Kier alpha value is -0.870. The van der Waals surface area contributed by atoms with E-state index in [0.29, 0.717) is 12.0 Å². The first-order chi connectivity index (χ1) is 10.0. The fourth-order valence-electron chi connectivity index (χ4n) is 2.90. The Balaban J connectivity index is 2.63. The topological polar surface area (TPSA) is 39.1 Å². The van der Waals surface area contributed by atoms with Gasteiger partial charge in [-0.1, -0.05) is 13.8 Å². The molecule has 0 saturated heterocycles. The largest absolute Gasteiger partial charge is 0.385 e. The van der Waals surface area contributed by atoms with Crippen molar-refractivity contribution in [3.05, 3.63) is 17.0 Å². The molecule has 0 aliphatic carbocycles. The van der Waals surface area contributed by atoms with Gasteiger partial charge >= 0.3 is 0 Å². The molecule has 1 heterocycles. The maximum absolute atomic E-state index is 5.23. The van der Waals surface area contributed by atoms with Crippen molar-refractivity contribution in [2.45, 2.75) is 59.4 Å². The third kappa shape index (κ3) is 5.44. The minimum Gasteiger partial charge on any atom is -0.385 e. The Labute approximate surface area is 130 Å². The van der Waals surface area contributed by atoms with Crippen LogP contribution in [-0.4, -0.2) is 36.1 Å². The monoisotopic (exact) mass is 295 g/mol. The number of hydrogen-bond donors (Lipinski definition) is 1. The highest BCUT2D eigenvalue weighted by atomic mass is 16.5. The number of aryl methyl sites for hydroxylation is 2. The number of nitrogens with zero attached hydrogens (tertiary/aromatic N) is 2. The van der Waals surface area contributed by atoms with Crippen LogP contribution in [0.4, 0.5) is 0 Å². The first-order valence-corrected chi connectivity index (χ1v) is 8.22. The molecule has 0 radical (unpaired) electrons. The minimum absolute atomic E-state index is 0.555. The molecular formula is C17H33N3O. The zero-order valence-electron chi connectivity index (χ0n) is 14.7. The van der Waals surface area contributed by atoms with Gasteiger partial charge in [0.2, 0.25) is 0 Å². The SMILES string of the molecule is CCCNC(CCc1c(C)nn(C)c1C)C(C)CCOC. The zero-order valence-corrected chi connectivity index (χ0v) is 14.7. The summed E-state index contributed by atoms with van der Waals surface area (Å²) in [6.45, 7) is 10.8. The molecule has 0 fully saturated rings. The lowest BCUT2D eigenvalue weighted by molar-refractivity contribution is 0.168. The standard InChI is InChI=1S/C17H33N3O/c1-7-11-18-17(13(2)10-12-21-6)9-8-16-14(3)19-20(5)15(16)4/h13,17-18H,7-12H2,1-6H3. The molecule has 1 N–H and O–H groups in total. The molecule has 122 valence electrons. The van der Waals surface area contributed by atoms with Gasteiger partial charge in [0.15, 0.2) is 0 Å². The van der Waals surface area contributed by atoms with Crippen LogP contribution < -0.4 is 5.32 Å². The quantitative estimate of drug-likeness (QED) is 0.721. The molecule has 1 rings (SSSR count). The summed E-state index contributed by atoms with van der Waals surface area (Å²) < 4.78 is 7.22. The van der Waals surface area contributed by atoms with Crippen molar-refractivity contribution in [3.63, 3.8) is 0 Å². The Morgan fingerprint density at radius 3 is 2.52 bits per heavy atom. The van der Waals surface area contributed by atoms with Crippen LogP contribution in [0.2, 0.25) is 0 Å². The van der Waals surface area contributed by atoms with Crippen molar-refractivity contribution in [2.24, 2.45) is 13.0 Å². The van der Waals surface area contributed by atoms with E-state index in [1.165, 1.54) is 23.4 Å². The van der Waals surface area contributed by atoms with E-state index in [4.69, 9.17) is 4.74 Å². The molecule has 0 spiro atoms. The van der Waals surface area contributed by atoms with Gasteiger partial charge in [0.1, 0.15) is 0 Å². The highest BCUT2D eigenvalue weighted by Crippen LogP contribution is 2.19. The predicted octanol–water partition coefficient (Wildman–Crippen LogP) is 3.01. The number of nitrogens with one attached hydrogen (secondary N) is 1. The molecule has 0 aliphatic rings.